The molecular formula is C35H47N9. The quantitative estimate of drug-likeness (QED) is 0.249. The largest absolute Gasteiger partial charge is 0.399 e. The first-order valence-electron chi connectivity index (χ1n) is 16.0. The Balaban J connectivity index is 0.000000328. The van der Waals surface area contributed by atoms with Crippen molar-refractivity contribution in [3.63, 3.8) is 0 Å². The number of aliphatic imine (C=N–C) groups is 1. The van der Waals surface area contributed by atoms with Gasteiger partial charge in [0.25, 0.3) is 0 Å². The summed E-state index contributed by atoms with van der Waals surface area (Å²) in [6.45, 7) is 14.7. The number of likely N-dealkylation sites (tertiary alicyclic amines) is 1. The third-order valence-electron chi connectivity index (χ3n) is 8.19. The van der Waals surface area contributed by atoms with Crippen molar-refractivity contribution in [3.05, 3.63) is 85.1 Å². The van der Waals surface area contributed by atoms with Crippen molar-refractivity contribution in [1.29, 1.82) is 0 Å². The van der Waals surface area contributed by atoms with Crippen LogP contribution in [0.4, 0.5) is 11.5 Å². The van der Waals surface area contributed by atoms with Crippen LogP contribution in [0.25, 0.3) is 22.3 Å². The van der Waals surface area contributed by atoms with E-state index in [1.54, 1.807) is 6.33 Å². The van der Waals surface area contributed by atoms with Gasteiger partial charge < -0.3 is 26.3 Å². The van der Waals surface area contributed by atoms with Crippen LogP contribution >= 0.6 is 0 Å². The fourth-order valence-corrected chi connectivity index (χ4v) is 5.44. The summed E-state index contributed by atoms with van der Waals surface area (Å²) in [5, 5.41) is 7.91. The monoisotopic (exact) mass is 593 g/mol. The average molecular weight is 594 g/mol. The highest BCUT2D eigenvalue weighted by Gasteiger charge is 2.17. The molecule has 0 amide bonds. The SMILES string of the molecule is C1=NCCCCCN/C=C/C=C\1Nc1ccc(-c2cc3c(N4CCCCC4)ncnc3[nH]2)cc1.C=C(N)C(=C)CN1CCC1. The molecule has 3 aromatic rings. The van der Waals surface area contributed by atoms with Gasteiger partial charge in [-0.05, 0) is 106 Å². The Morgan fingerprint density at radius 2 is 1.73 bits per heavy atom. The Morgan fingerprint density at radius 1 is 0.932 bits per heavy atom. The van der Waals surface area contributed by atoms with Gasteiger partial charge in [0.1, 0.15) is 17.8 Å². The molecule has 0 radical (unpaired) electrons. The highest BCUT2D eigenvalue weighted by molar-refractivity contribution is 5.92. The summed E-state index contributed by atoms with van der Waals surface area (Å²) in [6.07, 6.45) is 18.2. The Kier molecular flexibility index (Phi) is 11.2. The maximum absolute atomic E-state index is 5.44. The van der Waals surface area contributed by atoms with Crippen LogP contribution in [0.15, 0.2) is 90.1 Å². The zero-order valence-electron chi connectivity index (χ0n) is 25.9. The standard InChI is InChI=1S/C27H33N7.C8H14N2/c1-3-13-28-15-7-8-23(19-29-14-4-1)32-22-11-9-21(10-12-22)25-18-24-26(33-25)30-20-31-27(24)34-16-5-2-6-17-34;1-7(8(2)9)6-10-4-3-5-10/h7-12,15,18-20,28,32H,1-6,13-14,16-17H2,(H,30,31,33);1-6,9H2/b15-7+,23-8+,29-19?;. The van der Waals surface area contributed by atoms with Crippen molar-refractivity contribution in [2.24, 2.45) is 10.7 Å². The number of fused-ring (bicyclic) bond motifs is 1. The number of nitrogens with zero attached hydrogens (tertiary/aromatic N) is 5. The van der Waals surface area contributed by atoms with Crippen LogP contribution in [-0.2, 0) is 0 Å². The van der Waals surface area contributed by atoms with Crippen LogP contribution in [0.5, 0.6) is 0 Å². The molecular weight excluding hydrogens is 546 g/mol. The summed E-state index contributed by atoms with van der Waals surface area (Å²) in [5.41, 5.74) is 12.1. The van der Waals surface area contributed by atoms with Crippen LogP contribution in [0.3, 0.4) is 0 Å². The number of hydrogen-bond donors (Lipinski definition) is 4. The van der Waals surface area contributed by atoms with Gasteiger partial charge in [-0.25, -0.2) is 9.97 Å². The first-order chi connectivity index (χ1) is 21.6. The lowest BCUT2D eigenvalue weighted by atomic mass is 10.1. The molecule has 2 aromatic heterocycles. The van der Waals surface area contributed by atoms with E-state index < -0.39 is 0 Å². The van der Waals surface area contributed by atoms with E-state index in [0.29, 0.717) is 5.70 Å². The average Bonchev–Trinajstić information content (AvgIpc) is 3.46. The Morgan fingerprint density at radius 3 is 2.48 bits per heavy atom. The molecule has 0 atom stereocenters. The van der Waals surface area contributed by atoms with Gasteiger partial charge in [0.05, 0.1) is 11.1 Å². The molecule has 9 nitrogen and oxygen atoms in total. The Bertz CT molecular complexity index is 1470. The highest BCUT2D eigenvalue weighted by Crippen LogP contribution is 2.30. The smallest absolute Gasteiger partial charge is 0.143 e. The van der Waals surface area contributed by atoms with Crippen molar-refractivity contribution in [3.8, 4) is 11.3 Å². The Labute approximate surface area is 261 Å². The number of nitrogens with two attached hydrogens (primary N) is 1. The number of aromatic amines is 1. The number of allylic oxidation sites excluding steroid dienone is 3. The highest BCUT2D eigenvalue weighted by atomic mass is 15.2. The summed E-state index contributed by atoms with van der Waals surface area (Å²) in [6, 6.07) is 10.6. The maximum Gasteiger partial charge on any atom is 0.143 e. The minimum absolute atomic E-state index is 0.618. The second kappa shape index (κ2) is 15.9. The van der Waals surface area contributed by atoms with Gasteiger partial charge in [-0.15, -0.1) is 0 Å². The molecule has 3 aliphatic heterocycles. The van der Waals surface area contributed by atoms with Crippen LogP contribution in [0.2, 0.25) is 0 Å². The number of H-pyrrole nitrogens is 1. The summed E-state index contributed by atoms with van der Waals surface area (Å²) in [7, 11) is 0. The van der Waals surface area contributed by atoms with E-state index in [-0.39, 0.29) is 0 Å². The molecule has 9 heteroatoms. The number of nitrogens with one attached hydrogen (secondary N) is 3. The van der Waals surface area contributed by atoms with E-state index >= 15 is 0 Å². The molecule has 2 fully saturated rings. The molecule has 0 spiro atoms. The molecule has 2 saturated heterocycles. The normalized spacial score (nSPS) is 19.5. The predicted molar refractivity (Wildman–Crippen MR) is 185 cm³/mol. The van der Waals surface area contributed by atoms with Gasteiger partial charge in [-0.3, -0.25) is 9.89 Å². The molecule has 0 saturated carbocycles. The van der Waals surface area contributed by atoms with Crippen LogP contribution in [0, 0.1) is 0 Å². The van der Waals surface area contributed by atoms with Crippen molar-refractivity contribution in [2.45, 2.75) is 44.9 Å². The third-order valence-corrected chi connectivity index (χ3v) is 8.19. The van der Waals surface area contributed by atoms with Gasteiger partial charge in [0, 0.05) is 56.0 Å². The molecule has 44 heavy (non-hydrogen) atoms. The minimum Gasteiger partial charge on any atom is -0.399 e. The number of aromatic nitrogens is 3. The van der Waals surface area contributed by atoms with E-state index in [4.69, 9.17) is 5.73 Å². The lowest BCUT2D eigenvalue weighted by Gasteiger charge is -2.31. The number of benzene rings is 1. The number of anilines is 2. The summed E-state index contributed by atoms with van der Waals surface area (Å²) in [5.74, 6) is 1.04. The zero-order chi connectivity index (χ0) is 30.6. The Hall–Kier alpha value is -4.37. The third kappa shape index (κ3) is 8.83. The van der Waals surface area contributed by atoms with Crippen molar-refractivity contribution >= 4 is 28.8 Å². The number of hydrogen-bond acceptors (Lipinski definition) is 8. The van der Waals surface area contributed by atoms with Crippen molar-refractivity contribution in [1.82, 2.24) is 25.2 Å². The second-order valence-corrected chi connectivity index (χ2v) is 11.7. The van der Waals surface area contributed by atoms with Gasteiger partial charge in [-0.1, -0.05) is 25.3 Å². The van der Waals surface area contributed by atoms with Crippen LogP contribution in [-0.4, -0.2) is 71.9 Å². The molecule has 0 aliphatic carbocycles. The second-order valence-electron chi connectivity index (χ2n) is 11.7. The maximum atomic E-state index is 5.44. The fraction of sp³-hybridized carbons (Fsp3) is 0.400. The van der Waals surface area contributed by atoms with Crippen LogP contribution in [0.1, 0.15) is 44.9 Å². The lowest BCUT2D eigenvalue weighted by Crippen LogP contribution is -2.38. The molecule has 0 bridgehead atoms. The molecule has 5 heterocycles. The topological polar surface area (TPSA) is 110 Å². The molecule has 1 aromatic carbocycles. The van der Waals surface area contributed by atoms with Crippen molar-refractivity contribution < 1.29 is 0 Å². The summed E-state index contributed by atoms with van der Waals surface area (Å²) < 4.78 is 0. The molecule has 5 N–H and O–H groups in total. The zero-order valence-corrected chi connectivity index (χ0v) is 25.9. The fourth-order valence-electron chi connectivity index (χ4n) is 5.44. The van der Waals surface area contributed by atoms with E-state index in [2.05, 4.69) is 83.9 Å². The summed E-state index contributed by atoms with van der Waals surface area (Å²) >= 11 is 0. The first kappa shape index (κ1) is 31.1. The van der Waals surface area contributed by atoms with Crippen molar-refractivity contribution in [2.75, 3.05) is 56.0 Å². The molecule has 3 aliphatic rings. The van der Waals surface area contributed by atoms with Crippen LogP contribution < -0.4 is 21.3 Å². The minimum atomic E-state index is 0.618. The van der Waals surface area contributed by atoms with Gasteiger partial charge in [-0.2, -0.15) is 0 Å². The van der Waals surface area contributed by atoms with Gasteiger partial charge >= 0.3 is 0 Å². The molecule has 232 valence electrons. The van der Waals surface area contributed by atoms with Gasteiger partial charge in [0.2, 0.25) is 0 Å². The van der Waals surface area contributed by atoms with E-state index in [1.807, 2.05) is 24.6 Å². The molecule has 6 rings (SSSR count). The van der Waals surface area contributed by atoms with E-state index in [9.17, 15) is 0 Å². The summed E-state index contributed by atoms with van der Waals surface area (Å²) in [4.78, 5) is 21.9. The van der Waals surface area contributed by atoms with Gasteiger partial charge in [0.15, 0.2) is 0 Å². The number of rotatable bonds is 7. The lowest BCUT2D eigenvalue weighted by molar-refractivity contribution is 0.199. The van der Waals surface area contributed by atoms with E-state index in [0.717, 1.165) is 84.2 Å². The molecule has 0 unspecified atom stereocenters. The predicted octanol–water partition coefficient (Wildman–Crippen LogP) is 5.99. The van der Waals surface area contributed by atoms with E-state index in [1.165, 1.54) is 51.6 Å². The number of piperidine rings is 1. The first-order valence-corrected chi connectivity index (χ1v) is 16.0.